The number of benzene rings is 1. The van der Waals surface area contributed by atoms with Crippen LogP contribution in [0.2, 0.25) is 0 Å². The van der Waals surface area contributed by atoms with Crippen LogP contribution < -0.4 is 5.32 Å². The van der Waals surface area contributed by atoms with Gasteiger partial charge in [-0.3, -0.25) is 5.32 Å². The Morgan fingerprint density at radius 3 is 2.84 bits per heavy atom. The topological polar surface area (TPSA) is 38.3 Å². The molecule has 0 radical (unpaired) electrons. The van der Waals surface area contributed by atoms with Crippen molar-refractivity contribution in [2.45, 2.75) is 44.7 Å². The lowest BCUT2D eigenvalue weighted by Crippen LogP contribution is -2.36. The standard InChI is InChI=1S/C15H20FNO2/c1-2-19-15(18)14(17-13-8-3-4-9-13)11-6-5-7-12(16)10-11/h5-7,10,13-14,17H,2-4,8-9H2,1H3. The first-order valence-corrected chi connectivity index (χ1v) is 6.89. The quantitative estimate of drug-likeness (QED) is 0.832. The van der Waals surface area contributed by atoms with Gasteiger partial charge in [-0.15, -0.1) is 0 Å². The van der Waals surface area contributed by atoms with E-state index in [0.717, 1.165) is 12.8 Å². The minimum absolute atomic E-state index is 0.317. The fraction of sp³-hybridized carbons (Fsp3) is 0.533. The van der Waals surface area contributed by atoms with E-state index in [4.69, 9.17) is 4.74 Å². The van der Waals surface area contributed by atoms with Gasteiger partial charge in [0.05, 0.1) is 6.61 Å². The van der Waals surface area contributed by atoms with Gasteiger partial charge >= 0.3 is 5.97 Å². The third-order valence-corrected chi connectivity index (χ3v) is 3.46. The van der Waals surface area contributed by atoms with Gasteiger partial charge in [-0.05, 0) is 37.5 Å². The number of rotatable bonds is 5. The SMILES string of the molecule is CCOC(=O)C(NC1CCCC1)c1cccc(F)c1. The normalized spacial score (nSPS) is 17.4. The summed E-state index contributed by atoms with van der Waals surface area (Å²) in [5.41, 5.74) is 0.630. The van der Waals surface area contributed by atoms with Crippen molar-refractivity contribution in [2.24, 2.45) is 0 Å². The molecular formula is C15H20FNO2. The highest BCUT2D eigenvalue weighted by atomic mass is 19.1. The van der Waals surface area contributed by atoms with Crippen molar-refractivity contribution in [1.29, 1.82) is 0 Å². The largest absolute Gasteiger partial charge is 0.465 e. The Morgan fingerprint density at radius 1 is 1.47 bits per heavy atom. The maximum Gasteiger partial charge on any atom is 0.327 e. The summed E-state index contributed by atoms with van der Waals surface area (Å²) in [6, 6.07) is 5.89. The molecule has 1 aliphatic carbocycles. The number of esters is 1. The van der Waals surface area contributed by atoms with Crippen LogP contribution in [0.1, 0.15) is 44.2 Å². The van der Waals surface area contributed by atoms with Crippen LogP contribution in [0.25, 0.3) is 0 Å². The molecule has 1 fully saturated rings. The molecule has 1 aromatic rings. The van der Waals surface area contributed by atoms with Crippen molar-refractivity contribution < 1.29 is 13.9 Å². The van der Waals surface area contributed by atoms with E-state index in [-0.39, 0.29) is 11.8 Å². The van der Waals surface area contributed by atoms with E-state index in [2.05, 4.69) is 5.32 Å². The zero-order valence-corrected chi connectivity index (χ0v) is 11.2. The van der Waals surface area contributed by atoms with E-state index in [1.807, 2.05) is 0 Å². The highest BCUT2D eigenvalue weighted by Crippen LogP contribution is 2.23. The summed E-state index contributed by atoms with van der Waals surface area (Å²) in [5.74, 6) is -0.667. The van der Waals surface area contributed by atoms with Gasteiger partial charge < -0.3 is 4.74 Å². The molecule has 1 aliphatic rings. The van der Waals surface area contributed by atoms with E-state index < -0.39 is 6.04 Å². The molecule has 0 spiro atoms. The van der Waals surface area contributed by atoms with Gasteiger partial charge in [0, 0.05) is 6.04 Å². The minimum atomic E-state index is -0.571. The molecule has 0 amide bonds. The molecule has 1 aromatic carbocycles. The summed E-state index contributed by atoms with van der Waals surface area (Å²) in [5, 5.41) is 3.30. The molecule has 0 heterocycles. The Morgan fingerprint density at radius 2 is 2.21 bits per heavy atom. The Hall–Kier alpha value is -1.42. The number of hydrogen-bond donors (Lipinski definition) is 1. The van der Waals surface area contributed by atoms with Crippen molar-refractivity contribution in [3.63, 3.8) is 0 Å². The number of carbonyl (C=O) groups is 1. The summed E-state index contributed by atoms with van der Waals surface area (Å²) in [6.45, 7) is 2.10. The van der Waals surface area contributed by atoms with Gasteiger partial charge in [-0.25, -0.2) is 9.18 Å². The number of hydrogen-bond acceptors (Lipinski definition) is 3. The number of carbonyl (C=O) groups excluding carboxylic acids is 1. The number of halogens is 1. The van der Waals surface area contributed by atoms with Crippen molar-refractivity contribution >= 4 is 5.97 Å². The van der Waals surface area contributed by atoms with Crippen molar-refractivity contribution in [2.75, 3.05) is 6.61 Å². The van der Waals surface area contributed by atoms with Crippen LogP contribution in [0, 0.1) is 5.82 Å². The molecule has 104 valence electrons. The molecule has 4 heteroatoms. The second-order valence-corrected chi connectivity index (χ2v) is 4.89. The maximum atomic E-state index is 13.3. The fourth-order valence-corrected chi connectivity index (χ4v) is 2.54. The third kappa shape index (κ3) is 3.77. The van der Waals surface area contributed by atoms with Crippen LogP contribution >= 0.6 is 0 Å². The van der Waals surface area contributed by atoms with Crippen LogP contribution in [0.3, 0.4) is 0 Å². The van der Waals surface area contributed by atoms with E-state index in [0.29, 0.717) is 18.2 Å². The highest BCUT2D eigenvalue weighted by Gasteiger charge is 2.26. The first kappa shape index (κ1) is 14.0. The molecule has 1 N–H and O–H groups in total. The summed E-state index contributed by atoms with van der Waals surface area (Å²) in [7, 11) is 0. The molecule has 0 bridgehead atoms. The van der Waals surface area contributed by atoms with Crippen molar-refractivity contribution in [3.05, 3.63) is 35.6 Å². The molecule has 0 saturated heterocycles. The predicted octanol–water partition coefficient (Wildman–Crippen LogP) is 2.96. The van der Waals surface area contributed by atoms with Crippen LogP contribution in [0.5, 0.6) is 0 Å². The lowest BCUT2D eigenvalue weighted by Gasteiger charge is -2.21. The Kier molecular flexibility index (Phi) is 4.91. The molecular weight excluding hydrogens is 245 g/mol. The van der Waals surface area contributed by atoms with Crippen LogP contribution in [-0.2, 0) is 9.53 Å². The Labute approximate surface area is 113 Å². The molecule has 19 heavy (non-hydrogen) atoms. The predicted molar refractivity (Wildman–Crippen MR) is 71.2 cm³/mol. The second kappa shape index (κ2) is 6.66. The van der Waals surface area contributed by atoms with Gasteiger partial charge in [0.25, 0.3) is 0 Å². The second-order valence-electron chi connectivity index (χ2n) is 4.89. The average molecular weight is 265 g/mol. The fourth-order valence-electron chi connectivity index (χ4n) is 2.54. The monoisotopic (exact) mass is 265 g/mol. The van der Waals surface area contributed by atoms with Gasteiger partial charge in [-0.1, -0.05) is 25.0 Å². The molecule has 0 aliphatic heterocycles. The average Bonchev–Trinajstić information content (AvgIpc) is 2.89. The molecule has 0 aromatic heterocycles. The van der Waals surface area contributed by atoms with Gasteiger partial charge in [0.2, 0.25) is 0 Å². The summed E-state index contributed by atoms with van der Waals surface area (Å²) < 4.78 is 18.4. The van der Waals surface area contributed by atoms with Crippen molar-refractivity contribution in [1.82, 2.24) is 5.32 Å². The molecule has 2 rings (SSSR count). The van der Waals surface area contributed by atoms with Gasteiger partial charge in [-0.2, -0.15) is 0 Å². The number of nitrogens with one attached hydrogen (secondary N) is 1. The van der Waals surface area contributed by atoms with Crippen LogP contribution in [0.4, 0.5) is 4.39 Å². The molecule has 1 atom stereocenters. The lowest BCUT2D eigenvalue weighted by atomic mass is 10.1. The molecule has 3 nitrogen and oxygen atoms in total. The number of ether oxygens (including phenoxy) is 1. The zero-order chi connectivity index (χ0) is 13.7. The van der Waals surface area contributed by atoms with Crippen LogP contribution in [0.15, 0.2) is 24.3 Å². The van der Waals surface area contributed by atoms with E-state index in [1.54, 1.807) is 19.1 Å². The highest BCUT2D eigenvalue weighted by molar-refractivity contribution is 5.77. The minimum Gasteiger partial charge on any atom is -0.465 e. The maximum absolute atomic E-state index is 13.3. The Balaban J connectivity index is 2.15. The lowest BCUT2D eigenvalue weighted by molar-refractivity contribution is -0.146. The van der Waals surface area contributed by atoms with E-state index in [9.17, 15) is 9.18 Å². The molecule has 1 unspecified atom stereocenters. The molecule has 1 saturated carbocycles. The third-order valence-electron chi connectivity index (χ3n) is 3.46. The van der Waals surface area contributed by atoms with E-state index >= 15 is 0 Å². The Bertz CT molecular complexity index is 430. The zero-order valence-electron chi connectivity index (χ0n) is 11.2. The van der Waals surface area contributed by atoms with Gasteiger partial charge in [0.1, 0.15) is 11.9 Å². The first-order valence-electron chi connectivity index (χ1n) is 6.89. The summed E-state index contributed by atoms with van der Waals surface area (Å²) in [6.07, 6.45) is 4.48. The van der Waals surface area contributed by atoms with Crippen molar-refractivity contribution in [3.8, 4) is 0 Å². The summed E-state index contributed by atoms with van der Waals surface area (Å²) >= 11 is 0. The smallest absolute Gasteiger partial charge is 0.327 e. The van der Waals surface area contributed by atoms with Crippen LogP contribution in [-0.4, -0.2) is 18.6 Å². The summed E-state index contributed by atoms with van der Waals surface area (Å²) in [4.78, 5) is 12.0. The first-order chi connectivity index (χ1) is 9.20. The van der Waals surface area contributed by atoms with Gasteiger partial charge in [0.15, 0.2) is 0 Å². The van der Waals surface area contributed by atoms with E-state index in [1.165, 1.54) is 25.0 Å².